The monoisotopic (exact) mass is 389 g/mol. The van der Waals surface area contributed by atoms with Crippen LogP contribution in [-0.2, 0) is 13.0 Å². The number of nitrogens with one attached hydrogen (secondary N) is 1. The standard InChI is InChI=1S/C11H12IN5OS/c12-8-9(18)13-6-14-10(8)19-11-16-15-7-4-2-1-3-5-17(7)11/h6H,1-5H2,(H,13,14,18). The highest BCUT2D eigenvalue weighted by atomic mass is 127. The Balaban J connectivity index is 1.93. The third-order valence-corrected chi connectivity index (χ3v) is 5.38. The third-order valence-electron chi connectivity index (χ3n) is 3.03. The van der Waals surface area contributed by atoms with Crippen molar-refractivity contribution < 1.29 is 0 Å². The maximum atomic E-state index is 11.6. The van der Waals surface area contributed by atoms with E-state index in [1.165, 1.54) is 30.9 Å². The minimum Gasteiger partial charge on any atom is -0.312 e. The van der Waals surface area contributed by atoms with Gasteiger partial charge in [-0.05, 0) is 47.2 Å². The zero-order chi connectivity index (χ0) is 13.2. The maximum Gasteiger partial charge on any atom is 0.265 e. The molecule has 1 aliphatic heterocycles. The summed E-state index contributed by atoms with van der Waals surface area (Å²) in [4.78, 5) is 18.3. The molecule has 19 heavy (non-hydrogen) atoms. The number of aromatic amines is 1. The van der Waals surface area contributed by atoms with Crippen LogP contribution in [0.5, 0.6) is 0 Å². The lowest BCUT2D eigenvalue weighted by atomic mass is 10.2. The lowest BCUT2D eigenvalue weighted by Crippen LogP contribution is -2.11. The number of fused-ring (bicyclic) bond motifs is 1. The van der Waals surface area contributed by atoms with Gasteiger partial charge in [0, 0.05) is 13.0 Å². The molecular weight excluding hydrogens is 377 g/mol. The van der Waals surface area contributed by atoms with Gasteiger partial charge in [0.2, 0.25) is 0 Å². The molecular formula is C11H12IN5OS. The topological polar surface area (TPSA) is 76.5 Å². The first-order valence-corrected chi connectivity index (χ1v) is 7.98. The summed E-state index contributed by atoms with van der Waals surface area (Å²) >= 11 is 3.42. The highest BCUT2D eigenvalue weighted by molar-refractivity contribution is 14.1. The van der Waals surface area contributed by atoms with Crippen LogP contribution in [0.1, 0.15) is 25.1 Å². The molecule has 0 bridgehead atoms. The first-order valence-electron chi connectivity index (χ1n) is 6.09. The Labute approximate surface area is 127 Å². The fraction of sp³-hybridized carbons (Fsp3) is 0.455. The van der Waals surface area contributed by atoms with Crippen LogP contribution in [0, 0.1) is 3.57 Å². The fourth-order valence-corrected chi connectivity index (χ4v) is 3.53. The van der Waals surface area contributed by atoms with Gasteiger partial charge in [-0.15, -0.1) is 10.2 Å². The maximum absolute atomic E-state index is 11.6. The number of H-pyrrole nitrogens is 1. The Morgan fingerprint density at radius 3 is 3.11 bits per heavy atom. The second-order valence-corrected chi connectivity index (χ2v) is 6.35. The molecule has 0 atom stereocenters. The molecule has 0 aliphatic carbocycles. The average molecular weight is 389 g/mol. The Morgan fingerprint density at radius 1 is 1.32 bits per heavy atom. The van der Waals surface area contributed by atoms with Gasteiger partial charge >= 0.3 is 0 Å². The minimum atomic E-state index is -0.117. The van der Waals surface area contributed by atoms with Crippen molar-refractivity contribution in [2.75, 3.05) is 0 Å². The molecule has 0 saturated carbocycles. The Bertz CT molecular complexity index is 653. The molecule has 2 aromatic rings. The largest absolute Gasteiger partial charge is 0.312 e. The van der Waals surface area contributed by atoms with Crippen molar-refractivity contribution in [3.05, 3.63) is 26.1 Å². The fourth-order valence-electron chi connectivity index (χ4n) is 2.06. The summed E-state index contributed by atoms with van der Waals surface area (Å²) in [7, 11) is 0. The molecule has 3 heterocycles. The van der Waals surface area contributed by atoms with Crippen molar-refractivity contribution in [1.29, 1.82) is 0 Å². The van der Waals surface area contributed by atoms with Gasteiger partial charge in [0.1, 0.15) is 14.4 Å². The van der Waals surface area contributed by atoms with Crippen molar-refractivity contribution in [1.82, 2.24) is 24.7 Å². The molecule has 1 N–H and O–H groups in total. The molecule has 0 saturated heterocycles. The molecule has 0 amide bonds. The molecule has 2 aromatic heterocycles. The first kappa shape index (κ1) is 13.1. The van der Waals surface area contributed by atoms with E-state index in [4.69, 9.17) is 0 Å². The van der Waals surface area contributed by atoms with Crippen molar-refractivity contribution >= 4 is 34.4 Å². The van der Waals surface area contributed by atoms with Gasteiger partial charge < -0.3 is 9.55 Å². The molecule has 8 heteroatoms. The van der Waals surface area contributed by atoms with Crippen molar-refractivity contribution in [2.45, 2.75) is 42.4 Å². The van der Waals surface area contributed by atoms with Crippen molar-refractivity contribution in [3.8, 4) is 0 Å². The van der Waals surface area contributed by atoms with Crippen LogP contribution in [0.3, 0.4) is 0 Å². The summed E-state index contributed by atoms with van der Waals surface area (Å²) < 4.78 is 2.74. The predicted octanol–water partition coefficient (Wildman–Crippen LogP) is 1.84. The van der Waals surface area contributed by atoms with Crippen molar-refractivity contribution in [2.24, 2.45) is 0 Å². The van der Waals surface area contributed by atoms with E-state index in [1.807, 2.05) is 22.6 Å². The zero-order valence-electron chi connectivity index (χ0n) is 10.1. The van der Waals surface area contributed by atoms with E-state index in [1.54, 1.807) is 0 Å². The summed E-state index contributed by atoms with van der Waals surface area (Å²) in [5.41, 5.74) is -0.117. The Hall–Kier alpha value is -0.900. The third kappa shape index (κ3) is 2.69. The van der Waals surface area contributed by atoms with E-state index in [9.17, 15) is 4.79 Å². The summed E-state index contributed by atoms with van der Waals surface area (Å²) in [6.07, 6.45) is 5.95. The molecule has 1 aliphatic rings. The van der Waals surface area contributed by atoms with Crippen LogP contribution in [0.15, 0.2) is 21.3 Å². The van der Waals surface area contributed by atoms with Crippen LogP contribution in [0.2, 0.25) is 0 Å². The van der Waals surface area contributed by atoms with E-state index in [0.717, 1.165) is 30.4 Å². The van der Waals surface area contributed by atoms with Gasteiger partial charge in [0.15, 0.2) is 5.16 Å². The number of rotatable bonds is 2. The molecule has 0 fully saturated rings. The van der Waals surface area contributed by atoms with Gasteiger partial charge in [0.25, 0.3) is 5.56 Å². The van der Waals surface area contributed by atoms with Crippen LogP contribution in [0.25, 0.3) is 0 Å². The molecule has 3 rings (SSSR count). The quantitative estimate of drug-likeness (QED) is 0.627. The number of halogens is 1. The molecule has 6 nitrogen and oxygen atoms in total. The summed E-state index contributed by atoms with van der Waals surface area (Å²) in [5.74, 6) is 1.04. The normalized spacial score (nSPS) is 15.0. The summed E-state index contributed by atoms with van der Waals surface area (Å²) in [5, 5.41) is 9.98. The van der Waals surface area contributed by atoms with Crippen molar-refractivity contribution in [3.63, 3.8) is 0 Å². The zero-order valence-corrected chi connectivity index (χ0v) is 13.1. The van der Waals surface area contributed by atoms with E-state index in [0.29, 0.717) is 8.60 Å². The highest BCUT2D eigenvalue weighted by Gasteiger charge is 2.17. The SMILES string of the molecule is O=c1[nH]cnc(Sc2nnc3n2CCCCC3)c1I. The lowest BCUT2D eigenvalue weighted by molar-refractivity contribution is 0.590. The molecule has 0 radical (unpaired) electrons. The van der Waals surface area contributed by atoms with Crippen LogP contribution in [0.4, 0.5) is 0 Å². The second-order valence-electron chi connectivity index (χ2n) is 4.31. The predicted molar refractivity (Wildman–Crippen MR) is 79.3 cm³/mol. The molecule has 0 unspecified atom stereocenters. The molecule has 0 aromatic carbocycles. The summed E-state index contributed by atoms with van der Waals surface area (Å²) in [6, 6.07) is 0. The second kappa shape index (κ2) is 5.61. The van der Waals surface area contributed by atoms with E-state index in [-0.39, 0.29) is 5.56 Å². The van der Waals surface area contributed by atoms with Gasteiger partial charge in [-0.2, -0.15) is 0 Å². The number of nitrogens with zero attached hydrogens (tertiary/aromatic N) is 4. The van der Waals surface area contributed by atoms with Crippen LogP contribution in [-0.4, -0.2) is 24.7 Å². The van der Waals surface area contributed by atoms with Crippen LogP contribution < -0.4 is 5.56 Å². The smallest absolute Gasteiger partial charge is 0.265 e. The van der Waals surface area contributed by atoms with Gasteiger partial charge in [-0.3, -0.25) is 4.79 Å². The average Bonchev–Trinajstić information content (AvgIpc) is 2.63. The number of aromatic nitrogens is 5. The summed E-state index contributed by atoms with van der Waals surface area (Å²) in [6.45, 7) is 0.949. The van der Waals surface area contributed by atoms with Gasteiger partial charge in [-0.1, -0.05) is 6.42 Å². The number of hydrogen-bond acceptors (Lipinski definition) is 5. The number of aryl methyl sites for hydroxylation is 1. The van der Waals surface area contributed by atoms with E-state index >= 15 is 0 Å². The number of hydrogen-bond donors (Lipinski definition) is 1. The Morgan fingerprint density at radius 2 is 2.21 bits per heavy atom. The van der Waals surface area contributed by atoms with E-state index < -0.39 is 0 Å². The first-order chi connectivity index (χ1) is 9.25. The molecule has 0 spiro atoms. The van der Waals surface area contributed by atoms with E-state index in [2.05, 4.69) is 24.7 Å². The highest BCUT2D eigenvalue weighted by Crippen LogP contribution is 2.28. The van der Waals surface area contributed by atoms with Crippen LogP contribution >= 0.6 is 34.4 Å². The minimum absolute atomic E-state index is 0.117. The lowest BCUT2D eigenvalue weighted by Gasteiger charge is -2.06. The van der Waals surface area contributed by atoms with Gasteiger partial charge in [-0.25, -0.2) is 4.98 Å². The van der Waals surface area contributed by atoms with Gasteiger partial charge in [0.05, 0.1) is 6.33 Å². The molecule has 100 valence electrons. The Kier molecular flexibility index (Phi) is 3.87.